The monoisotopic (exact) mass is 520 g/mol. The zero-order valence-electron chi connectivity index (χ0n) is 19.0. The van der Waals surface area contributed by atoms with Crippen LogP contribution in [0.1, 0.15) is 25.1 Å². The third-order valence-electron chi connectivity index (χ3n) is 5.25. The maximum atomic E-state index is 6.18. The molecule has 1 atom stereocenters. The van der Waals surface area contributed by atoms with E-state index < -0.39 is 0 Å². The molecule has 0 saturated carbocycles. The third-order valence-corrected chi connectivity index (χ3v) is 6.52. The van der Waals surface area contributed by atoms with Gasteiger partial charge >= 0.3 is 0 Å². The summed E-state index contributed by atoms with van der Waals surface area (Å²) in [6.07, 6.45) is 2.05. The Morgan fingerprint density at radius 1 is 1.15 bits per heavy atom. The van der Waals surface area contributed by atoms with Gasteiger partial charge in [0.2, 0.25) is 11.9 Å². The van der Waals surface area contributed by atoms with Crippen LogP contribution in [-0.2, 0) is 4.74 Å². The van der Waals surface area contributed by atoms with Gasteiger partial charge in [0.1, 0.15) is 6.10 Å². The standard InChI is InChI=1S/C22H26Cl2N8OS/c1-4-18(33-5-2)17-13-19(30-29-17)25-20-26-21(32-8-6-31(3)7-9-32)28-22(27-20)34-16-11-14(23)10-15(24)12-16/h5,10-13,18H,2,4,6-9H2,1,3H3,(H2,25,26,27,28,29,30). The van der Waals surface area contributed by atoms with Crippen molar-refractivity contribution in [1.29, 1.82) is 0 Å². The summed E-state index contributed by atoms with van der Waals surface area (Å²) in [7, 11) is 2.11. The van der Waals surface area contributed by atoms with Crippen LogP contribution >= 0.6 is 35.0 Å². The molecule has 0 amide bonds. The van der Waals surface area contributed by atoms with Crippen LogP contribution in [0.25, 0.3) is 0 Å². The Morgan fingerprint density at radius 2 is 1.88 bits per heavy atom. The van der Waals surface area contributed by atoms with Crippen molar-refractivity contribution in [3.8, 4) is 0 Å². The average molecular weight is 521 g/mol. The highest BCUT2D eigenvalue weighted by molar-refractivity contribution is 7.99. The summed E-state index contributed by atoms with van der Waals surface area (Å²) in [5.74, 6) is 1.59. The van der Waals surface area contributed by atoms with Crippen LogP contribution in [0.4, 0.5) is 17.7 Å². The quantitative estimate of drug-likeness (QED) is 0.370. The molecule has 12 heteroatoms. The molecule has 0 radical (unpaired) electrons. The fourth-order valence-corrected chi connectivity index (χ4v) is 4.97. The van der Waals surface area contributed by atoms with Gasteiger partial charge in [0.15, 0.2) is 11.0 Å². The Labute approximate surface area is 212 Å². The van der Waals surface area contributed by atoms with Gasteiger partial charge in [-0.3, -0.25) is 5.10 Å². The smallest absolute Gasteiger partial charge is 0.234 e. The number of likely N-dealkylation sites (N-methyl/N-ethyl adjacent to an activating group) is 1. The van der Waals surface area contributed by atoms with Crippen molar-refractivity contribution in [2.45, 2.75) is 29.5 Å². The van der Waals surface area contributed by atoms with E-state index in [4.69, 9.17) is 32.9 Å². The first-order valence-electron chi connectivity index (χ1n) is 10.9. The number of hydrogen-bond acceptors (Lipinski definition) is 9. The molecule has 1 aliphatic rings. The minimum atomic E-state index is -0.154. The number of nitrogens with zero attached hydrogens (tertiary/aromatic N) is 6. The second-order valence-corrected chi connectivity index (χ2v) is 9.69. The van der Waals surface area contributed by atoms with Crippen LogP contribution in [0.5, 0.6) is 0 Å². The van der Waals surface area contributed by atoms with E-state index in [1.54, 1.807) is 6.07 Å². The van der Waals surface area contributed by atoms with Gasteiger partial charge in [0.25, 0.3) is 0 Å². The van der Waals surface area contributed by atoms with E-state index in [1.165, 1.54) is 18.0 Å². The van der Waals surface area contributed by atoms with Crippen LogP contribution in [0.2, 0.25) is 10.0 Å². The summed E-state index contributed by atoms with van der Waals surface area (Å²) in [6, 6.07) is 7.22. The molecule has 1 fully saturated rings. The maximum Gasteiger partial charge on any atom is 0.234 e. The minimum Gasteiger partial charge on any atom is -0.492 e. The first kappa shape index (κ1) is 24.6. The number of ether oxygens (including phenoxy) is 1. The molecule has 1 unspecified atom stereocenters. The first-order valence-corrected chi connectivity index (χ1v) is 12.4. The highest BCUT2D eigenvalue weighted by Crippen LogP contribution is 2.32. The fourth-order valence-electron chi connectivity index (χ4n) is 3.47. The second-order valence-electron chi connectivity index (χ2n) is 7.77. The molecule has 0 bridgehead atoms. The normalized spacial score (nSPS) is 15.2. The number of aromatic nitrogens is 5. The van der Waals surface area contributed by atoms with E-state index in [9.17, 15) is 0 Å². The van der Waals surface area contributed by atoms with Crippen molar-refractivity contribution < 1.29 is 4.74 Å². The predicted molar refractivity (Wildman–Crippen MR) is 136 cm³/mol. The zero-order valence-corrected chi connectivity index (χ0v) is 21.3. The van der Waals surface area contributed by atoms with Gasteiger partial charge in [-0.1, -0.05) is 36.7 Å². The number of rotatable bonds is 9. The van der Waals surface area contributed by atoms with Crippen LogP contribution in [-0.4, -0.2) is 63.3 Å². The molecule has 0 aliphatic carbocycles. The minimum absolute atomic E-state index is 0.154. The van der Waals surface area contributed by atoms with Crippen LogP contribution in [0.15, 0.2) is 47.2 Å². The Kier molecular flexibility index (Phi) is 8.15. The predicted octanol–water partition coefficient (Wildman–Crippen LogP) is 5.16. The molecule has 4 rings (SSSR count). The Hall–Kier alpha value is -2.53. The molecule has 3 aromatic rings. The lowest BCUT2D eigenvalue weighted by atomic mass is 10.2. The van der Waals surface area contributed by atoms with Crippen molar-refractivity contribution in [3.05, 3.63) is 52.8 Å². The molecule has 3 heterocycles. The average Bonchev–Trinajstić information content (AvgIpc) is 3.25. The molecule has 2 aromatic heterocycles. The van der Waals surface area contributed by atoms with E-state index in [0.717, 1.165) is 43.2 Å². The second kappa shape index (κ2) is 11.3. The van der Waals surface area contributed by atoms with Gasteiger partial charge in [-0.25, -0.2) is 0 Å². The number of benzene rings is 1. The molecular weight excluding hydrogens is 495 g/mol. The van der Waals surface area contributed by atoms with Gasteiger partial charge in [0.05, 0.1) is 12.0 Å². The van der Waals surface area contributed by atoms with Crippen molar-refractivity contribution in [1.82, 2.24) is 30.0 Å². The number of anilines is 3. The molecule has 2 N–H and O–H groups in total. The summed E-state index contributed by atoms with van der Waals surface area (Å²) < 4.78 is 5.54. The molecule has 1 saturated heterocycles. The number of nitrogens with one attached hydrogen (secondary N) is 2. The van der Waals surface area contributed by atoms with Crippen molar-refractivity contribution >= 4 is 52.7 Å². The largest absolute Gasteiger partial charge is 0.492 e. The van der Waals surface area contributed by atoms with Gasteiger partial charge < -0.3 is 19.9 Å². The highest BCUT2D eigenvalue weighted by Gasteiger charge is 2.20. The first-order chi connectivity index (χ1) is 16.4. The van der Waals surface area contributed by atoms with Crippen LogP contribution < -0.4 is 10.2 Å². The fraction of sp³-hybridized carbons (Fsp3) is 0.364. The van der Waals surface area contributed by atoms with Crippen LogP contribution in [0.3, 0.4) is 0 Å². The highest BCUT2D eigenvalue weighted by atomic mass is 35.5. The topological polar surface area (TPSA) is 95.1 Å². The summed E-state index contributed by atoms with van der Waals surface area (Å²) in [5, 5.41) is 12.2. The van der Waals surface area contributed by atoms with E-state index in [2.05, 4.69) is 48.9 Å². The summed E-state index contributed by atoms with van der Waals surface area (Å²) in [5.41, 5.74) is 0.835. The van der Waals surface area contributed by atoms with Crippen LogP contribution in [0, 0.1) is 0 Å². The SMILES string of the molecule is C=COC(CC)c1cc(Nc2nc(Sc3cc(Cl)cc(Cl)c3)nc(N3CCN(C)CC3)n2)n[nH]1. The van der Waals surface area contributed by atoms with Gasteiger partial charge in [-0.2, -0.15) is 20.1 Å². The molecular formula is C22H26Cl2N8OS. The number of aromatic amines is 1. The number of piperazine rings is 1. The number of halogens is 2. The Morgan fingerprint density at radius 3 is 2.56 bits per heavy atom. The number of hydrogen-bond donors (Lipinski definition) is 2. The lowest BCUT2D eigenvalue weighted by Gasteiger charge is -2.32. The molecule has 34 heavy (non-hydrogen) atoms. The Balaban J connectivity index is 1.61. The van der Waals surface area contributed by atoms with E-state index in [-0.39, 0.29) is 6.10 Å². The van der Waals surface area contributed by atoms with Crippen molar-refractivity contribution in [2.75, 3.05) is 43.4 Å². The van der Waals surface area contributed by atoms with E-state index in [1.807, 2.05) is 25.1 Å². The third kappa shape index (κ3) is 6.32. The molecule has 0 spiro atoms. The molecule has 9 nitrogen and oxygen atoms in total. The molecule has 1 aliphatic heterocycles. The molecule has 1 aromatic carbocycles. The Bertz CT molecular complexity index is 1120. The molecule has 180 valence electrons. The zero-order chi connectivity index (χ0) is 24.1. The van der Waals surface area contributed by atoms with E-state index in [0.29, 0.717) is 32.9 Å². The van der Waals surface area contributed by atoms with Crippen molar-refractivity contribution in [3.63, 3.8) is 0 Å². The number of H-pyrrole nitrogens is 1. The summed E-state index contributed by atoms with van der Waals surface area (Å²) >= 11 is 13.7. The summed E-state index contributed by atoms with van der Waals surface area (Å²) in [4.78, 5) is 19.3. The lowest BCUT2D eigenvalue weighted by Crippen LogP contribution is -2.45. The summed E-state index contributed by atoms with van der Waals surface area (Å²) in [6.45, 7) is 9.20. The van der Waals surface area contributed by atoms with Crippen molar-refractivity contribution in [2.24, 2.45) is 0 Å². The maximum absolute atomic E-state index is 6.18. The lowest BCUT2D eigenvalue weighted by molar-refractivity contribution is 0.139. The van der Waals surface area contributed by atoms with Gasteiger partial charge in [-0.05, 0) is 43.4 Å². The van der Waals surface area contributed by atoms with E-state index >= 15 is 0 Å². The van der Waals surface area contributed by atoms with Gasteiger partial charge in [0, 0.05) is 47.2 Å². The van der Waals surface area contributed by atoms with Gasteiger partial charge in [-0.15, -0.1) is 0 Å².